The molecule has 2 fully saturated rings. The Bertz CT molecular complexity index is 761. The number of aromatic nitrogens is 1. The van der Waals surface area contributed by atoms with Crippen LogP contribution in [-0.4, -0.2) is 54.0 Å². The number of fused-ring (bicyclic) bond motifs is 1. The number of H-pyrrole nitrogens is 1. The van der Waals surface area contributed by atoms with E-state index in [1.54, 1.807) is 4.90 Å². The summed E-state index contributed by atoms with van der Waals surface area (Å²) >= 11 is 0. The molecule has 138 valence electrons. The Balaban J connectivity index is 1.37. The van der Waals surface area contributed by atoms with Gasteiger partial charge in [-0.1, -0.05) is 18.2 Å². The highest BCUT2D eigenvalue weighted by Gasteiger charge is 2.30. The number of hydrogen-bond donors (Lipinski definition) is 2. The standard InChI is InChI=1S/C20H25N3O3/c24-19(21-12-16-7-4-10-26-16)15-6-3-9-23(13-15)20(25)18-11-14-5-1-2-8-17(14)22-18/h1-2,5,8,11,15-16,22H,3-4,6-7,9-10,12-13H2,(H,21,24)/t15-,16-/m0/s1. The summed E-state index contributed by atoms with van der Waals surface area (Å²) in [7, 11) is 0. The fraction of sp³-hybridized carbons (Fsp3) is 0.500. The molecule has 0 spiro atoms. The highest BCUT2D eigenvalue weighted by molar-refractivity contribution is 5.98. The van der Waals surface area contributed by atoms with Crippen molar-refractivity contribution in [2.24, 2.45) is 5.92 Å². The lowest BCUT2D eigenvalue weighted by Crippen LogP contribution is -2.46. The maximum absolute atomic E-state index is 12.8. The van der Waals surface area contributed by atoms with Crippen LogP contribution >= 0.6 is 0 Å². The predicted octanol–water partition coefficient (Wildman–Crippen LogP) is 2.32. The molecular formula is C20H25N3O3. The maximum Gasteiger partial charge on any atom is 0.270 e. The summed E-state index contributed by atoms with van der Waals surface area (Å²) in [5.41, 5.74) is 1.55. The fourth-order valence-electron chi connectivity index (χ4n) is 3.90. The van der Waals surface area contributed by atoms with Gasteiger partial charge in [-0.15, -0.1) is 0 Å². The summed E-state index contributed by atoms with van der Waals surface area (Å²) in [4.78, 5) is 30.3. The zero-order valence-electron chi connectivity index (χ0n) is 14.9. The van der Waals surface area contributed by atoms with Crippen molar-refractivity contribution in [1.29, 1.82) is 0 Å². The monoisotopic (exact) mass is 355 g/mol. The van der Waals surface area contributed by atoms with Gasteiger partial charge in [0.15, 0.2) is 0 Å². The van der Waals surface area contributed by atoms with Crippen molar-refractivity contribution in [3.8, 4) is 0 Å². The number of para-hydroxylation sites is 1. The lowest BCUT2D eigenvalue weighted by atomic mass is 9.96. The summed E-state index contributed by atoms with van der Waals surface area (Å²) in [6.07, 6.45) is 3.90. The Kier molecular flexibility index (Phi) is 4.93. The molecule has 2 saturated heterocycles. The first kappa shape index (κ1) is 17.1. The number of carbonyl (C=O) groups is 2. The van der Waals surface area contributed by atoms with Crippen LogP contribution in [0.2, 0.25) is 0 Å². The van der Waals surface area contributed by atoms with Crippen LogP contribution in [0.5, 0.6) is 0 Å². The van der Waals surface area contributed by atoms with Crippen LogP contribution < -0.4 is 5.32 Å². The average Bonchev–Trinajstić information content (AvgIpc) is 3.35. The molecule has 0 bridgehead atoms. The number of likely N-dealkylation sites (tertiary alicyclic amines) is 1. The molecular weight excluding hydrogens is 330 g/mol. The van der Waals surface area contributed by atoms with Gasteiger partial charge in [0.05, 0.1) is 12.0 Å². The Morgan fingerprint density at radius 3 is 2.92 bits per heavy atom. The number of aromatic amines is 1. The Hall–Kier alpha value is -2.34. The number of amides is 2. The van der Waals surface area contributed by atoms with E-state index in [0.717, 1.165) is 43.2 Å². The van der Waals surface area contributed by atoms with Gasteiger partial charge < -0.3 is 19.9 Å². The third-order valence-electron chi connectivity index (χ3n) is 5.37. The lowest BCUT2D eigenvalue weighted by molar-refractivity contribution is -0.126. The van der Waals surface area contributed by atoms with E-state index in [1.165, 1.54) is 0 Å². The molecule has 2 aliphatic heterocycles. The largest absolute Gasteiger partial charge is 0.376 e. The molecule has 1 aromatic heterocycles. The second-order valence-electron chi connectivity index (χ2n) is 7.24. The molecule has 0 unspecified atom stereocenters. The fourth-order valence-corrected chi connectivity index (χ4v) is 3.90. The molecule has 2 amide bonds. The van der Waals surface area contributed by atoms with Crippen molar-refractivity contribution in [2.75, 3.05) is 26.2 Å². The van der Waals surface area contributed by atoms with Gasteiger partial charge in [0.1, 0.15) is 5.69 Å². The maximum atomic E-state index is 12.8. The van der Waals surface area contributed by atoms with Crippen LogP contribution in [-0.2, 0) is 9.53 Å². The van der Waals surface area contributed by atoms with E-state index < -0.39 is 0 Å². The Morgan fingerprint density at radius 1 is 1.23 bits per heavy atom. The van der Waals surface area contributed by atoms with Gasteiger partial charge in [-0.25, -0.2) is 0 Å². The first-order valence-corrected chi connectivity index (χ1v) is 9.47. The second kappa shape index (κ2) is 7.50. The topological polar surface area (TPSA) is 74.4 Å². The van der Waals surface area contributed by atoms with Gasteiger partial charge in [-0.2, -0.15) is 0 Å². The first-order chi connectivity index (χ1) is 12.7. The molecule has 2 aliphatic rings. The van der Waals surface area contributed by atoms with Crippen molar-refractivity contribution >= 4 is 22.7 Å². The van der Waals surface area contributed by atoms with Crippen LogP contribution in [0.3, 0.4) is 0 Å². The van der Waals surface area contributed by atoms with Crippen LogP contribution in [0.1, 0.15) is 36.2 Å². The van der Waals surface area contributed by atoms with Gasteiger partial charge >= 0.3 is 0 Å². The van der Waals surface area contributed by atoms with Crippen LogP contribution in [0, 0.1) is 5.92 Å². The molecule has 0 aliphatic carbocycles. The van der Waals surface area contributed by atoms with Crippen molar-refractivity contribution in [3.05, 3.63) is 36.0 Å². The number of nitrogens with zero attached hydrogens (tertiary/aromatic N) is 1. The van der Waals surface area contributed by atoms with E-state index in [9.17, 15) is 9.59 Å². The predicted molar refractivity (Wildman–Crippen MR) is 98.9 cm³/mol. The number of benzene rings is 1. The third-order valence-corrected chi connectivity index (χ3v) is 5.37. The molecule has 2 N–H and O–H groups in total. The van der Waals surface area contributed by atoms with Crippen molar-refractivity contribution in [3.63, 3.8) is 0 Å². The van der Waals surface area contributed by atoms with E-state index in [4.69, 9.17) is 4.74 Å². The molecule has 4 rings (SSSR count). The number of ether oxygens (including phenoxy) is 1. The molecule has 0 saturated carbocycles. The molecule has 6 nitrogen and oxygen atoms in total. The van der Waals surface area contributed by atoms with Gasteiger partial charge in [0.2, 0.25) is 5.91 Å². The molecule has 2 aromatic rings. The van der Waals surface area contributed by atoms with Gasteiger partial charge in [0, 0.05) is 37.1 Å². The Morgan fingerprint density at radius 2 is 2.12 bits per heavy atom. The summed E-state index contributed by atoms with van der Waals surface area (Å²) in [6, 6.07) is 9.74. The van der Waals surface area contributed by atoms with E-state index in [1.807, 2.05) is 30.3 Å². The quantitative estimate of drug-likeness (QED) is 0.884. The number of carbonyl (C=O) groups excluding carboxylic acids is 2. The number of piperidine rings is 1. The molecule has 1 aromatic carbocycles. The number of hydrogen-bond acceptors (Lipinski definition) is 3. The van der Waals surface area contributed by atoms with Crippen LogP contribution in [0.25, 0.3) is 10.9 Å². The lowest BCUT2D eigenvalue weighted by Gasteiger charge is -2.32. The molecule has 0 radical (unpaired) electrons. The normalized spacial score (nSPS) is 23.3. The zero-order chi connectivity index (χ0) is 17.9. The zero-order valence-corrected chi connectivity index (χ0v) is 14.9. The van der Waals surface area contributed by atoms with Crippen LogP contribution in [0.15, 0.2) is 30.3 Å². The molecule has 3 heterocycles. The minimum absolute atomic E-state index is 0.0298. The summed E-state index contributed by atoms with van der Waals surface area (Å²) < 4.78 is 5.55. The Labute approximate surface area is 152 Å². The minimum atomic E-state index is -0.140. The van der Waals surface area contributed by atoms with E-state index in [-0.39, 0.29) is 23.8 Å². The molecule has 26 heavy (non-hydrogen) atoms. The van der Waals surface area contributed by atoms with Gasteiger partial charge in [-0.05, 0) is 37.8 Å². The van der Waals surface area contributed by atoms with Crippen molar-refractivity contribution < 1.29 is 14.3 Å². The third kappa shape index (κ3) is 3.60. The highest BCUT2D eigenvalue weighted by atomic mass is 16.5. The van der Waals surface area contributed by atoms with E-state index in [2.05, 4.69) is 10.3 Å². The van der Waals surface area contributed by atoms with Crippen molar-refractivity contribution in [1.82, 2.24) is 15.2 Å². The van der Waals surface area contributed by atoms with Crippen LogP contribution in [0.4, 0.5) is 0 Å². The second-order valence-corrected chi connectivity index (χ2v) is 7.24. The highest BCUT2D eigenvalue weighted by Crippen LogP contribution is 2.21. The summed E-state index contributed by atoms with van der Waals surface area (Å²) in [5, 5.41) is 4.03. The molecule has 6 heteroatoms. The number of rotatable bonds is 4. The summed E-state index contributed by atoms with van der Waals surface area (Å²) in [5.74, 6) is -0.133. The summed E-state index contributed by atoms with van der Waals surface area (Å²) in [6.45, 7) is 2.54. The molecule has 2 atom stereocenters. The van der Waals surface area contributed by atoms with Gasteiger partial charge in [-0.3, -0.25) is 9.59 Å². The number of nitrogens with one attached hydrogen (secondary N) is 2. The average molecular weight is 355 g/mol. The van der Waals surface area contributed by atoms with E-state index >= 15 is 0 Å². The van der Waals surface area contributed by atoms with E-state index in [0.29, 0.717) is 25.3 Å². The SMILES string of the molecule is O=C(NC[C@@H]1CCCO1)[C@H]1CCCN(C(=O)c2cc3ccccc3[nH]2)C1. The smallest absolute Gasteiger partial charge is 0.270 e. The minimum Gasteiger partial charge on any atom is -0.376 e. The first-order valence-electron chi connectivity index (χ1n) is 9.47. The van der Waals surface area contributed by atoms with Gasteiger partial charge in [0.25, 0.3) is 5.91 Å². The van der Waals surface area contributed by atoms with Crippen molar-refractivity contribution in [2.45, 2.75) is 31.8 Å².